The largest absolute Gasteiger partial charge is 0.256 e. The predicted molar refractivity (Wildman–Crippen MR) is 51.2 cm³/mol. The van der Waals surface area contributed by atoms with E-state index in [0.717, 1.165) is 16.5 Å². The number of hydrogen-bond acceptors (Lipinski definition) is 2. The van der Waals surface area contributed by atoms with E-state index in [1.54, 1.807) is 12.3 Å². The third-order valence-corrected chi connectivity index (χ3v) is 2.02. The summed E-state index contributed by atoms with van der Waals surface area (Å²) in [6, 6.07) is 9.80. The second-order valence-electron chi connectivity index (χ2n) is 2.99. The molecule has 1 aromatic carbocycles. The lowest BCUT2D eigenvalue weighted by molar-refractivity contribution is 1.37. The lowest BCUT2D eigenvalue weighted by Gasteiger charge is -1.99. The Morgan fingerprint density at radius 1 is 1.31 bits per heavy atom. The molecule has 0 N–H and O–H groups in total. The molecule has 0 radical (unpaired) electrons. The number of aromatic nitrogens is 1. The molecule has 0 unspecified atom stereocenters. The van der Waals surface area contributed by atoms with E-state index in [2.05, 4.69) is 11.1 Å². The van der Waals surface area contributed by atoms with Crippen molar-refractivity contribution in [1.29, 1.82) is 5.26 Å². The normalized spacial score (nSPS) is 9.85. The van der Waals surface area contributed by atoms with Gasteiger partial charge in [0.15, 0.2) is 0 Å². The van der Waals surface area contributed by atoms with Crippen molar-refractivity contribution in [2.24, 2.45) is 0 Å². The van der Waals surface area contributed by atoms with Crippen LogP contribution in [-0.4, -0.2) is 4.98 Å². The van der Waals surface area contributed by atoms with E-state index in [1.807, 2.05) is 25.1 Å². The lowest BCUT2D eigenvalue weighted by atomic mass is 10.1. The molecule has 2 nitrogen and oxygen atoms in total. The first-order chi connectivity index (χ1) is 6.31. The molecule has 0 aliphatic rings. The fraction of sp³-hybridized carbons (Fsp3) is 0.0909. The highest BCUT2D eigenvalue weighted by Gasteiger charge is 1.99. The topological polar surface area (TPSA) is 36.7 Å². The maximum atomic E-state index is 8.83. The van der Waals surface area contributed by atoms with Crippen molar-refractivity contribution >= 4 is 10.9 Å². The van der Waals surface area contributed by atoms with Gasteiger partial charge >= 0.3 is 0 Å². The maximum Gasteiger partial charge on any atom is 0.0999 e. The first kappa shape index (κ1) is 7.75. The van der Waals surface area contributed by atoms with Crippen LogP contribution >= 0.6 is 0 Å². The minimum Gasteiger partial charge on any atom is -0.256 e. The molecule has 0 aliphatic heterocycles. The third kappa shape index (κ3) is 1.25. The molecule has 0 amide bonds. The average Bonchev–Trinajstić information content (AvgIpc) is 2.16. The van der Waals surface area contributed by atoms with E-state index in [1.165, 1.54) is 0 Å². The monoisotopic (exact) mass is 168 g/mol. The van der Waals surface area contributed by atoms with Crippen LogP contribution < -0.4 is 0 Å². The van der Waals surface area contributed by atoms with Gasteiger partial charge in [-0.3, -0.25) is 4.98 Å². The standard InChI is InChI=1S/C11H8N2/c1-8-2-3-10-9(7-12)4-5-13-11(10)6-8/h2-6H,1H3. The van der Waals surface area contributed by atoms with Crippen LogP contribution in [0.5, 0.6) is 0 Å². The highest BCUT2D eigenvalue weighted by atomic mass is 14.6. The summed E-state index contributed by atoms with van der Waals surface area (Å²) in [7, 11) is 0. The molecule has 2 heteroatoms. The molecule has 0 atom stereocenters. The molecule has 62 valence electrons. The van der Waals surface area contributed by atoms with Crippen molar-refractivity contribution in [3.63, 3.8) is 0 Å². The summed E-state index contributed by atoms with van der Waals surface area (Å²) < 4.78 is 0. The number of pyridine rings is 1. The van der Waals surface area contributed by atoms with Gasteiger partial charge in [0.1, 0.15) is 0 Å². The van der Waals surface area contributed by atoms with Gasteiger partial charge in [-0.25, -0.2) is 0 Å². The molecule has 1 aromatic heterocycles. The molecule has 0 fully saturated rings. The summed E-state index contributed by atoms with van der Waals surface area (Å²) in [4.78, 5) is 4.20. The fourth-order valence-electron chi connectivity index (χ4n) is 1.36. The Morgan fingerprint density at radius 3 is 2.92 bits per heavy atom. The molecule has 0 aliphatic carbocycles. The van der Waals surface area contributed by atoms with Crippen LogP contribution in [0.2, 0.25) is 0 Å². The Hall–Kier alpha value is -1.88. The quantitative estimate of drug-likeness (QED) is 0.605. The van der Waals surface area contributed by atoms with Crippen molar-refractivity contribution in [1.82, 2.24) is 4.98 Å². The Kier molecular flexibility index (Phi) is 1.71. The number of nitriles is 1. The average molecular weight is 168 g/mol. The second kappa shape index (κ2) is 2.87. The fourth-order valence-corrected chi connectivity index (χ4v) is 1.36. The summed E-state index contributed by atoms with van der Waals surface area (Å²) >= 11 is 0. The number of aryl methyl sites for hydroxylation is 1. The van der Waals surface area contributed by atoms with E-state index < -0.39 is 0 Å². The van der Waals surface area contributed by atoms with Gasteiger partial charge in [-0.2, -0.15) is 5.26 Å². The van der Waals surface area contributed by atoms with E-state index in [4.69, 9.17) is 5.26 Å². The Labute approximate surface area is 76.5 Å². The summed E-state index contributed by atoms with van der Waals surface area (Å²) in [5.74, 6) is 0. The van der Waals surface area contributed by atoms with Crippen LogP contribution in [0.3, 0.4) is 0 Å². The molecule has 0 bridgehead atoms. The SMILES string of the molecule is Cc1ccc2c(C#N)ccnc2c1. The number of fused-ring (bicyclic) bond motifs is 1. The van der Waals surface area contributed by atoms with E-state index in [0.29, 0.717) is 5.56 Å². The first-order valence-corrected chi connectivity index (χ1v) is 4.07. The van der Waals surface area contributed by atoms with Gasteiger partial charge in [0, 0.05) is 11.6 Å². The first-order valence-electron chi connectivity index (χ1n) is 4.07. The lowest BCUT2D eigenvalue weighted by Crippen LogP contribution is -1.83. The highest BCUT2D eigenvalue weighted by Crippen LogP contribution is 2.16. The molecular formula is C11H8N2. The van der Waals surface area contributed by atoms with Crippen molar-refractivity contribution in [2.45, 2.75) is 6.92 Å². The van der Waals surface area contributed by atoms with Crippen molar-refractivity contribution in [3.05, 3.63) is 41.6 Å². The van der Waals surface area contributed by atoms with Crippen molar-refractivity contribution < 1.29 is 0 Å². The zero-order valence-electron chi connectivity index (χ0n) is 7.28. The van der Waals surface area contributed by atoms with Crippen LogP contribution in [0.15, 0.2) is 30.5 Å². The van der Waals surface area contributed by atoms with E-state index in [9.17, 15) is 0 Å². The van der Waals surface area contributed by atoms with Gasteiger partial charge in [0.2, 0.25) is 0 Å². The molecule has 2 aromatic rings. The molecule has 13 heavy (non-hydrogen) atoms. The summed E-state index contributed by atoms with van der Waals surface area (Å²) in [6.45, 7) is 2.01. The number of hydrogen-bond donors (Lipinski definition) is 0. The van der Waals surface area contributed by atoms with Crippen molar-refractivity contribution in [3.8, 4) is 6.07 Å². The Balaban J connectivity index is 2.87. The van der Waals surface area contributed by atoms with Crippen LogP contribution in [0.1, 0.15) is 11.1 Å². The minimum absolute atomic E-state index is 0.685. The minimum atomic E-state index is 0.685. The zero-order valence-corrected chi connectivity index (χ0v) is 7.28. The van der Waals surface area contributed by atoms with Crippen LogP contribution in [0.25, 0.3) is 10.9 Å². The summed E-state index contributed by atoms with van der Waals surface area (Å²) in [6.07, 6.45) is 1.67. The van der Waals surface area contributed by atoms with Crippen LogP contribution in [0.4, 0.5) is 0 Å². The third-order valence-electron chi connectivity index (χ3n) is 2.02. The Bertz CT molecular complexity index is 495. The molecule has 2 rings (SSSR count). The number of rotatable bonds is 0. The smallest absolute Gasteiger partial charge is 0.0999 e. The van der Waals surface area contributed by atoms with Crippen LogP contribution in [-0.2, 0) is 0 Å². The van der Waals surface area contributed by atoms with Gasteiger partial charge in [-0.15, -0.1) is 0 Å². The number of benzene rings is 1. The summed E-state index contributed by atoms with van der Waals surface area (Å²) in [5, 5.41) is 9.75. The molecule has 0 saturated heterocycles. The molecule has 0 spiro atoms. The number of nitrogens with zero attached hydrogens (tertiary/aromatic N) is 2. The van der Waals surface area contributed by atoms with E-state index in [-0.39, 0.29) is 0 Å². The van der Waals surface area contributed by atoms with Gasteiger partial charge in [0.05, 0.1) is 17.1 Å². The zero-order chi connectivity index (χ0) is 9.26. The summed E-state index contributed by atoms with van der Waals surface area (Å²) in [5.41, 5.74) is 2.74. The highest BCUT2D eigenvalue weighted by molar-refractivity contribution is 5.84. The molecule has 1 heterocycles. The van der Waals surface area contributed by atoms with Gasteiger partial charge in [-0.1, -0.05) is 12.1 Å². The predicted octanol–water partition coefficient (Wildman–Crippen LogP) is 2.41. The molecular weight excluding hydrogens is 160 g/mol. The maximum absolute atomic E-state index is 8.83. The molecule has 0 saturated carbocycles. The van der Waals surface area contributed by atoms with Crippen molar-refractivity contribution in [2.75, 3.05) is 0 Å². The van der Waals surface area contributed by atoms with Gasteiger partial charge in [-0.05, 0) is 24.6 Å². The van der Waals surface area contributed by atoms with Gasteiger partial charge in [0.25, 0.3) is 0 Å². The van der Waals surface area contributed by atoms with Crippen LogP contribution in [0, 0.1) is 18.3 Å². The second-order valence-corrected chi connectivity index (χ2v) is 2.99. The Morgan fingerprint density at radius 2 is 2.15 bits per heavy atom. The van der Waals surface area contributed by atoms with E-state index >= 15 is 0 Å². The van der Waals surface area contributed by atoms with Gasteiger partial charge < -0.3 is 0 Å².